The van der Waals surface area contributed by atoms with Crippen molar-refractivity contribution in [2.75, 3.05) is 6.54 Å². The quantitative estimate of drug-likeness (QED) is 0.614. The van der Waals surface area contributed by atoms with E-state index >= 15 is 0 Å². The summed E-state index contributed by atoms with van der Waals surface area (Å²) in [4.78, 5) is 0. The zero-order valence-electron chi connectivity index (χ0n) is 11.6. The van der Waals surface area contributed by atoms with Gasteiger partial charge in [-0.25, -0.2) is 0 Å². The summed E-state index contributed by atoms with van der Waals surface area (Å²) in [5.41, 5.74) is 0. The van der Waals surface area contributed by atoms with Crippen LogP contribution in [0, 0.1) is 11.8 Å². The van der Waals surface area contributed by atoms with Gasteiger partial charge in [0.15, 0.2) is 0 Å². The summed E-state index contributed by atoms with van der Waals surface area (Å²) in [7, 11) is 0. The van der Waals surface area contributed by atoms with E-state index < -0.39 is 0 Å². The molecule has 2 atom stereocenters. The van der Waals surface area contributed by atoms with Gasteiger partial charge in [-0.1, -0.05) is 59.3 Å². The van der Waals surface area contributed by atoms with Crippen LogP contribution in [0.2, 0.25) is 0 Å². The third kappa shape index (κ3) is 4.45. The van der Waals surface area contributed by atoms with Crippen molar-refractivity contribution in [1.82, 2.24) is 5.32 Å². The van der Waals surface area contributed by atoms with E-state index in [1.165, 1.54) is 51.4 Å². The lowest BCUT2D eigenvalue weighted by molar-refractivity contribution is 0.212. The molecule has 1 rings (SSSR count). The first-order valence-corrected chi connectivity index (χ1v) is 7.55. The van der Waals surface area contributed by atoms with Gasteiger partial charge in [-0.15, -0.1) is 0 Å². The molecule has 0 heterocycles. The van der Waals surface area contributed by atoms with Crippen LogP contribution in [0.4, 0.5) is 0 Å². The van der Waals surface area contributed by atoms with E-state index in [1.54, 1.807) is 0 Å². The van der Waals surface area contributed by atoms with Crippen LogP contribution in [-0.2, 0) is 0 Å². The molecule has 1 aliphatic rings. The fraction of sp³-hybridized carbons (Fsp3) is 1.00. The summed E-state index contributed by atoms with van der Waals surface area (Å²) in [5.74, 6) is 1.96. The lowest BCUT2D eigenvalue weighted by Gasteiger charge is -2.34. The fourth-order valence-corrected chi connectivity index (χ4v) is 2.95. The van der Waals surface area contributed by atoms with Crippen molar-refractivity contribution in [3.63, 3.8) is 0 Å². The van der Waals surface area contributed by atoms with Crippen LogP contribution in [0.5, 0.6) is 0 Å². The summed E-state index contributed by atoms with van der Waals surface area (Å²) >= 11 is 0. The normalized spacial score (nSPS) is 20.4. The molecule has 0 saturated heterocycles. The minimum absolute atomic E-state index is 0.798. The molecule has 0 bridgehead atoms. The molecule has 0 aromatic rings. The molecule has 0 spiro atoms. The summed E-state index contributed by atoms with van der Waals surface area (Å²) < 4.78 is 0. The highest BCUT2D eigenvalue weighted by Crippen LogP contribution is 2.33. The van der Waals surface area contributed by atoms with Crippen molar-refractivity contribution >= 4 is 0 Å². The molecular weight excluding hydrogens is 194 g/mol. The van der Waals surface area contributed by atoms with Crippen LogP contribution in [0.25, 0.3) is 0 Å². The molecule has 96 valence electrons. The van der Waals surface area contributed by atoms with Crippen molar-refractivity contribution in [2.45, 2.75) is 78.2 Å². The first-order chi connectivity index (χ1) is 7.81. The summed E-state index contributed by atoms with van der Waals surface area (Å²) in [5, 5.41) is 3.74. The van der Waals surface area contributed by atoms with Gasteiger partial charge in [0, 0.05) is 6.04 Å². The minimum Gasteiger partial charge on any atom is -0.314 e. The van der Waals surface area contributed by atoms with Crippen molar-refractivity contribution in [3.05, 3.63) is 0 Å². The Kier molecular flexibility index (Phi) is 7.11. The summed E-state index contributed by atoms with van der Waals surface area (Å²) in [6.07, 6.45) is 11.4. The van der Waals surface area contributed by atoms with E-state index in [9.17, 15) is 0 Å². The maximum atomic E-state index is 3.74. The van der Waals surface area contributed by atoms with Crippen LogP contribution in [0.3, 0.4) is 0 Å². The Labute approximate surface area is 102 Å². The van der Waals surface area contributed by atoms with E-state index in [-0.39, 0.29) is 0 Å². The van der Waals surface area contributed by atoms with Gasteiger partial charge < -0.3 is 5.32 Å². The van der Waals surface area contributed by atoms with Gasteiger partial charge in [0.05, 0.1) is 0 Å². The maximum Gasteiger partial charge on any atom is 0.00977 e. The molecule has 1 N–H and O–H groups in total. The molecule has 0 aromatic carbocycles. The van der Waals surface area contributed by atoms with E-state index in [4.69, 9.17) is 0 Å². The molecule has 0 aromatic heterocycles. The Hall–Kier alpha value is -0.0400. The van der Waals surface area contributed by atoms with Crippen LogP contribution in [-0.4, -0.2) is 12.6 Å². The average Bonchev–Trinajstić information content (AvgIpc) is 2.24. The first kappa shape index (κ1) is 14.0. The minimum atomic E-state index is 0.798. The molecule has 1 fully saturated rings. The largest absolute Gasteiger partial charge is 0.314 e. The molecule has 1 saturated carbocycles. The molecule has 0 amide bonds. The lowest BCUT2D eigenvalue weighted by atomic mass is 9.77. The van der Waals surface area contributed by atoms with E-state index in [0.29, 0.717) is 0 Å². The van der Waals surface area contributed by atoms with Gasteiger partial charge in [0.1, 0.15) is 0 Å². The molecule has 0 aliphatic heterocycles. The van der Waals surface area contributed by atoms with E-state index in [2.05, 4.69) is 26.1 Å². The zero-order chi connectivity index (χ0) is 11.8. The van der Waals surface area contributed by atoms with E-state index in [1.807, 2.05) is 0 Å². The Balaban J connectivity index is 2.36. The van der Waals surface area contributed by atoms with Crippen molar-refractivity contribution in [3.8, 4) is 0 Å². The van der Waals surface area contributed by atoms with Crippen molar-refractivity contribution in [2.24, 2.45) is 11.8 Å². The van der Waals surface area contributed by atoms with Crippen LogP contribution in [0.1, 0.15) is 72.1 Å². The van der Waals surface area contributed by atoms with Crippen LogP contribution < -0.4 is 5.32 Å². The number of hydrogen-bond donors (Lipinski definition) is 1. The Bertz CT molecular complexity index is 163. The third-order valence-electron chi connectivity index (χ3n) is 4.30. The predicted molar refractivity (Wildman–Crippen MR) is 72.7 cm³/mol. The fourth-order valence-electron chi connectivity index (χ4n) is 2.95. The van der Waals surface area contributed by atoms with Gasteiger partial charge in [-0.3, -0.25) is 0 Å². The van der Waals surface area contributed by atoms with Crippen molar-refractivity contribution in [1.29, 1.82) is 0 Å². The number of nitrogens with one attached hydrogen (secondary N) is 1. The molecule has 1 aliphatic carbocycles. The van der Waals surface area contributed by atoms with Gasteiger partial charge in [0.2, 0.25) is 0 Å². The predicted octanol–water partition coefficient (Wildman–Crippen LogP) is 4.37. The zero-order valence-corrected chi connectivity index (χ0v) is 11.6. The highest BCUT2D eigenvalue weighted by Gasteiger charge is 2.25. The Morgan fingerprint density at radius 1 is 1.19 bits per heavy atom. The Morgan fingerprint density at radius 3 is 2.38 bits per heavy atom. The van der Waals surface area contributed by atoms with Gasteiger partial charge in [0.25, 0.3) is 0 Å². The second-order valence-corrected chi connectivity index (χ2v) is 5.51. The second kappa shape index (κ2) is 8.11. The monoisotopic (exact) mass is 225 g/mol. The van der Waals surface area contributed by atoms with Crippen molar-refractivity contribution < 1.29 is 0 Å². The summed E-state index contributed by atoms with van der Waals surface area (Å²) in [6, 6.07) is 0.798. The number of unbranched alkanes of at least 4 members (excludes halogenated alkanes) is 1. The van der Waals surface area contributed by atoms with Gasteiger partial charge in [-0.05, 0) is 31.2 Å². The molecular formula is C15H31N. The van der Waals surface area contributed by atoms with Gasteiger partial charge >= 0.3 is 0 Å². The lowest BCUT2D eigenvalue weighted by Crippen LogP contribution is -2.38. The average molecular weight is 225 g/mol. The SMILES string of the molecule is CCCCC(CC)C(CC1CCC1)NCC. The maximum absolute atomic E-state index is 3.74. The molecule has 1 heteroatoms. The smallest absolute Gasteiger partial charge is 0.00977 e. The molecule has 1 nitrogen and oxygen atoms in total. The molecule has 16 heavy (non-hydrogen) atoms. The highest BCUT2D eigenvalue weighted by atomic mass is 14.9. The number of rotatable bonds is 9. The Morgan fingerprint density at radius 2 is 1.94 bits per heavy atom. The summed E-state index contributed by atoms with van der Waals surface area (Å²) in [6.45, 7) is 8.06. The molecule has 0 radical (unpaired) electrons. The highest BCUT2D eigenvalue weighted by molar-refractivity contribution is 4.81. The van der Waals surface area contributed by atoms with Gasteiger partial charge in [-0.2, -0.15) is 0 Å². The number of hydrogen-bond acceptors (Lipinski definition) is 1. The third-order valence-corrected chi connectivity index (χ3v) is 4.30. The standard InChI is InChI=1S/C15H31N/c1-4-7-11-14(5-2)15(16-6-3)12-13-9-8-10-13/h13-16H,4-12H2,1-3H3. The van der Waals surface area contributed by atoms with Crippen LogP contribution >= 0.6 is 0 Å². The van der Waals surface area contributed by atoms with Crippen LogP contribution in [0.15, 0.2) is 0 Å². The topological polar surface area (TPSA) is 12.0 Å². The molecule has 2 unspecified atom stereocenters. The first-order valence-electron chi connectivity index (χ1n) is 7.55. The second-order valence-electron chi connectivity index (χ2n) is 5.51. The van der Waals surface area contributed by atoms with E-state index in [0.717, 1.165) is 24.4 Å².